The molecule has 0 atom stereocenters. The summed E-state index contributed by atoms with van der Waals surface area (Å²) in [5.74, 6) is 0.925. The van der Waals surface area contributed by atoms with E-state index >= 15 is 0 Å². The zero-order valence-corrected chi connectivity index (χ0v) is 12.4. The fourth-order valence-electron chi connectivity index (χ4n) is 1.63. The van der Waals surface area contributed by atoms with Crippen LogP contribution in [0.25, 0.3) is 0 Å². The Morgan fingerprint density at radius 1 is 1.28 bits per heavy atom. The third-order valence-corrected chi connectivity index (χ3v) is 3.85. The van der Waals surface area contributed by atoms with Crippen LogP contribution in [0, 0.1) is 5.82 Å². The highest BCUT2D eigenvalue weighted by Crippen LogP contribution is 2.23. The zero-order chi connectivity index (χ0) is 13.4. The summed E-state index contributed by atoms with van der Waals surface area (Å²) < 4.78 is 13.8. The van der Waals surface area contributed by atoms with Crippen LogP contribution >= 0.6 is 11.8 Å². The first kappa shape index (κ1) is 15.5. The molecule has 0 bridgehead atoms. The van der Waals surface area contributed by atoms with E-state index in [4.69, 9.17) is 0 Å². The van der Waals surface area contributed by atoms with Gasteiger partial charge in [-0.25, -0.2) is 4.39 Å². The Bertz CT molecular complexity index is 352. The van der Waals surface area contributed by atoms with Crippen LogP contribution in [-0.2, 0) is 6.54 Å². The van der Waals surface area contributed by atoms with Crippen molar-refractivity contribution in [2.45, 2.75) is 57.5 Å². The average Bonchev–Trinajstić information content (AvgIpc) is 2.34. The van der Waals surface area contributed by atoms with Gasteiger partial charge in [0.1, 0.15) is 5.82 Å². The van der Waals surface area contributed by atoms with Gasteiger partial charge in [-0.05, 0) is 29.9 Å². The molecule has 0 radical (unpaired) electrons. The van der Waals surface area contributed by atoms with Gasteiger partial charge in [-0.1, -0.05) is 39.7 Å². The highest BCUT2D eigenvalue weighted by atomic mass is 32.2. The van der Waals surface area contributed by atoms with Crippen molar-refractivity contribution in [2.24, 2.45) is 0 Å². The molecule has 0 heterocycles. The van der Waals surface area contributed by atoms with E-state index in [1.54, 1.807) is 17.8 Å². The molecule has 0 aliphatic carbocycles. The SMILES string of the molecule is CCCCCSc1ccc(CNC(C)C)cc1F. The van der Waals surface area contributed by atoms with Gasteiger partial charge in [0.25, 0.3) is 0 Å². The van der Waals surface area contributed by atoms with Gasteiger partial charge >= 0.3 is 0 Å². The van der Waals surface area contributed by atoms with Crippen LogP contribution in [0.5, 0.6) is 0 Å². The minimum atomic E-state index is -0.0837. The van der Waals surface area contributed by atoms with Crippen molar-refractivity contribution >= 4 is 11.8 Å². The summed E-state index contributed by atoms with van der Waals surface area (Å²) in [5, 5.41) is 3.29. The molecule has 1 aromatic carbocycles. The van der Waals surface area contributed by atoms with E-state index in [0.717, 1.165) is 29.2 Å². The molecule has 0 unspecified atom stereocenters. The molecule has 0 aliphatic heterocycles. The smallest absolute Gasteiger partial charge is 0.137 e. The topological polar surface area (TPSA) is 12.0 Å². The molecule has 1 N–H and O–H groups in total. The minimum absolute atomic E-state index is 0.0837. The summed E-state index contributed by atoms with van der Waals surface area (Å²) in [6.45, 7) is 7.10. The second-order valence-electron chi connectivity index (χ2n) is 4.86. The first-order valence-corrected chi connectivity index (χ1v) is 7.76. The van der Waals surface area contributed by atoms with Gasteiger partial charge in [0, 0.05) is 17.5 Å². The first-order chi connectivity index (χ1) is 8.63. The number of hydrogen-bond donors (Lipinski definition) is 1. The van der Waals surface area contributed by atoms with Crippen molar-refractivity contribution in [1.82, 2.24) is 5.32 Å². The number of benzene rings is 1. The molecule has 0 spiro atoms. The third kappa shape index (κ3) is 5.87. The van der Waals surface area contributed by atoms with Gasteiger partial charge in [-0.2, -0.15) is 0 Å². The summed E-state index contributed by atoms with van der Waals surface area (Å²) in [6.07, 6.45) is 3.60. The maximum absolute atomic E-state index is 13.8. The number of hydrogen-bond acceptors (Lipinski definition) is 2. The molecular weight excluding hydrogens is 245 g/mol. The molecule has 1 nitrogen and oxygen atoms in total. The van der Waals surface area contributed by atoms with Gasteiger partial charge in [-0.3, -0.25) is 0 Å². The largest absolute Gasteiger partial charge is 0.310 e. The van der Waals surface area contributed by atoms with Gasteiger partial charge in [0.2, 0.25) is 0 Å². The summed E-state index contributed by atoms with van der Waals surface area (Å²) in [6, 6.07) is 6.00. The van der Waals surface area contributed by atoms with Crippen molar-refractivity contribution in [3.8, 4) is 0 Å². The minimum Gasteiger partial charge on any atom is -0.310 e. The van der Waals surface area contributed by atoms with E-state index in [1.165, 1.54) is 12.8 Å². The second kappa shape index (κ2) is 8.54. The van der Waals surface area contributed by atoms with E-state index in [1.807, 2.05) is 12.1 Å². The molecule has 18 heavy (non-hydrogen) atoms. The van der Waals surface area contributed by atoms with Crippen molar-refractivity contribution < 1.29 is 4.39 Å². The Labute approximate surface area is 115 Å². The van der Waals surface area contributed by atoms with Crippen LogP contribution in [0.3, 0.4) is 0 Å². The van der Waals surface area contributed by atoms with Crippen LogP contribution in [0.2, 0.25) is 0 Å². The van der Waals surface area contributed by atoms with Crippen molar-refractivity contribution in [2.75, 3.05) is 5.75 Å². The molecule has 102 valence electrons. The van der Waals surface area contributed by atoms with Gasteiger partial charge < -0.3 is 5.32 Å². The summed E-state index contributed by atoms with van der Waals surface area (Å²) in [7, 11) is 0. The lowest BCUT2D eigenvalue weighted by Gasteiger charge is -2.09. The normalized spacial score (nSPS) is 11.2. The van der Waals surface area contributed by atoms with E-state index < -0.39 is 0 Å². The van der Waals surface area contributed by atoms with Crippen molar-refractivity contribution in [1.29, 1.82) is 0 Å². The monoisotopic (exact) mass is 269 g/mol. The first-order valence-electron chi connectivity index (χ1n) is 6.78. The van der Waals surface area contributed by atoms with Crippen LogP contribution in [0.4, 0.5) is 4.39 Å². The maximum Gasteiger partial charge on any atom is 0.137 e. The number of thioether (sulfide) groups is 1. The lowest BCUT2D eigenvalue weighted by atomic mass is 10.2. The Morgan fingerprint density at radius 3 is 2.67 bits per heavy atom. The molecule has 0 saturated heterocycles. The number of unbranched alkanes of at least 4 members (excludes halogenated alkanes) is 2. The summed E-state index contributed by atoms with van der Waals surface area (Å²) in [4.78, 5) is 0.777. The van der Waals surface area contributed by atoms with E-state index in [9.17, 15) is 4.39 Å². The fraction of sp³-hybridized carbons (Fsp3) is 0.600. The predicted molar refractivity (Wildman–Crippen MR) is 78.6 cm³/mol. The lowest BCUT2D eigenvalue weighted by Crippen LogP contribution is -2.21. The average molecular weight is 269 g/mol. The molecule has 0 saturated carbocycles. The van der Waals surface area contributed by atoms with Crippen molar-refractivity contribution in [3.05, 3.63) is 29.6 Å². The lowest BCUT2D eigenvalue weighted by molar-refractivity contribution is 0.574. The molecular formula is C15H24FNS. The molecule has 0 amide bonds. The third-order valence-electron chi connectivity index (χ3n) is 2.72. The maximum atomic E-state index is 13.8. The van der Waals surface area contributed by atoms with E-state index in [-0.39, 0.29) is 5.82 Å². The van der Waals surface area contributed by atoms with Gasteiger partial charge in [0.15, 0.2) is 0 Å². The molecule has 0 aromatic heterocycles. The number of nitrogens with one attached hydrogen (secondary N) is 1. The van der Waals surface area contributed by atoms with Crippen LogP contribution in [-0.4, -0.2) is 11.8 Å². The number of halogens is 1. The highest BCUT2D eigenvalue weighted by Gasteiger charge is 2.04. The molecule has 1 rings (SSSR count). The predicted octanol–water partition coefficient (Wildman–Crippen LogP) is 4.61. The second-order valence-corrected chi connectivity index (χ2v) is 5.99. The summed E-state index contributed by atoms with van der Waals surface area (Å²) in [5.41, 5.74) is 1.01. The molecule has 0 fully saturated rings. The number of rotatable bonds is 8. The van der Waals surface area contributed by atoms with Crippen LogP contribution in [0.1, 0.15) is 45.6 Å². The molecule has 0 aliphatic rings. The fourth-order valence-corrected chi connectivity index (χ4v) is 2.56. The van der Waals surface area contributed by atoms with Gasteiger partial charge in [0.05, 0.1) is 0 Å². The summed E-state index contributed by atoms with van der Waals surface area (Å²) >= 11 is 1.62. The van der Waals surface area contributed by atoms with E-state index in [0.29, 0.717) is 6.04 Å². The van der Waals surface area contributed by atoms with Crippen LogP contribution < -0.4 is 5.32 Å². The Hall–Kier alpha value is -0.540. The van der Waals surface area contributed by atoms with Crippen LogP contribution in [0.15, 0.2) is 23.1 Å². The van der Waals surface area contributed by atoms with Gasteiger partial charge in [-0.15, -0.1) is 11.8 Å². The quantitative estimate of drug-likeness (QED) is 0.546. The standard InChI is InChI=1S/C15H24FNS/c1-4-5-6-9-18-15-8-7-13(10-14(15)16)11-17-12(2)3/h7-8,10,12,17H,4-6,9,11H2,1-3H3. The van der Waals surface area contributed by atoms with Crippen molar-refractivity contribution in [3.63, 3.8) is 0 Å². The molecule has 1 aromatic rings. The zero-order valence-electron chi connectivity index (χ0n) is 11.6. The molecule has 3 heteroatoms. The highest BCUT2D eigenvalue weighted by molar-refractivity contribution is 7.99. The van der Waals surface area contributed by atoms with E-state index in [2.05, 4.69) is 26.1 Å². The Morgan fingerprint density at radius 2 is 2.06 bits per heavy atom. The Kier molecular flexibility index (Phi) is 7.36. The Balaban J connectivity index is 2.46.